The van der Waals surface area contributed by atoms with Crippen molar-refractivity contribution in [2.75, 3.05) is 13.2 Å². The van der Waals surface area contributed by atoms with Crippen LogP contribution in [0, 0.1) is 20.8 Å². The van der Waals surface area contributed by atoms with Gasteiger partial charge in [-0.15, -0.1) is 0 Å². The van der Waals surface area contributed by atoms with Crippen LogP contribution in [0.5, 0.6) is 0 Å². The molecule has 0 heterocycles. The zero-order valence-electron chi connectivity index (χ0n) is 11.8. The Morgan fingerprint density at radius 1 is 1.12 bits per heavy atom. The first-order valence-electron chi connectivity index (χ1n) is 6.43. The van der Waals surface area contributed by atoms with Crippen molar-refractivity contribution < 1.29 is 4.74 Å². The smallest absolute Gasteiger partial charge is 0.0671 e. The molecular weight excluding hydrogens is 210 g/mol. The summed E-state index contributed by atoms with van der Waals surface area (Å²) in [6.07, 6.45) is 0.284. The van der Waals surface area contributed by atoms with Crippen LogP contribution >= 0.6 is 0 Å². The molecule has 96 valence electrons. The Kier molecular flexibility index (Phi) is 5.66. The van der Waals surface area contributed by atoms with Gasteiger partial charge in [-0.3, -0.25) is 0 Å². The molecule has 0 aliphatic heterocycles. The minimum atomic E-state index is 0.284. The molecule has 1 aromatic carbocycles. The second-order valence-corrected chi connectivity index (χ2v) is 4.76. The van der Waals surface area contributed by atoms with E-state index < -0.39 is 0 Å². The van der Waals surface area contributed by atoms with E-state index >= 15 is 0 Å². The van der Waals surface area contributed by atoms with E-state index in [1.807, 2.05) is 6.92 Å². The van der Waals surface area contributed by atoms with Gasteiger partial charge in [0.1, 0.15) is 0 Å². The average Bonchev–Trinajstić information content (AvgIpc) is 2.26. The van der Waals surface area contributed by atoms with E-state index in [0.717, 1.165) is 19.7 Å². The van der Waals surface area contributed by atoms with Gasteiger partial charge in [-0.25, -0.2) is 0 Å². The van der Waals surface area contributed by atoms with Crippen LogP contribution in [-0.4, -0.2) is 19.3 Å². The van der Waals surface area contributed by atoms with Gasteiger partial charge < -0.3 is 10.1 Å². The van der Waals surface area contributed by atoms with Crippen LogP contribution in [0.4, 0.5) is 0 Å². The van der Waals surface area contributed by atoms with Gasteiger partial charge in [0, 0.05) is 19.7 Å². The van der Waals surface area contributed by atoms with Crippen LogP contribution in [-0.2, 0) is 11.3 Å². The lowest BCUT2D eigenvalue weighted by Crippen LogP contribution is -2.26. The Balaban J connectivity index is 2.49. The van der Waals surface area contributed by atoms with Crippen LogP contribution in [0.2, 0.25) is 0 Å². The summed E-state index contributed by atoms with van der Waals surface area (Å²) < 4.78 is 5.49. The van der Waals surface area contributed by atoms with Crippen molar-refractivity contribution in [1.82, 2.24) is 5.32 Å². The van der Waals surface area contributed by atoms with Gasteiger partial charge in [-0.1, -0.05) is 12.1 Å². The third-order valence-corrected chi connectivity index (χ3v) is 3.15. The largest absolute Gasteiger partial charge is 0.377 e. The van der Waals surface area contributed by atoms with Crippen LogP contribution < -0.4 is 5.32 Å². The zero-order chi connectivity index (χ0) is 12.8. The molecule has 0 fully saturated rings. The molecule has 0 saturated carbocycles. The molecule has 0 amide bonds. The molecule has 0 bridgehead atoms. The lowest BCUT2D eigenvalue weighted by molar-refractivity contribution is 0.0759. The highest BCUT2D eigenvalue weighted by atomic mass is 16.5. The average molecular weight is 235 g/mol. The normalized spacial score (nSPS) is 12.8. The Morgan fingerprint density at radius 3 is 2.41 bits per heavy atom. The summed E-state index contributed by atoms with van der Waals surface area (Å²) >= 11 is 0. The first kappa shape index (κ1) is 14.2. The first-order valence-corrected chi connectivity index (χ1v) is 6.43. The van der Waals surface area contributed by atoms with Crippen molar-refractivity contribution >= 4 is 0 Å². The van der Waals surface area contributed by atoms with Gasteiger partial charge in [0.25, 0.3) is 0 Å². The molecule has 0 radical (unpaired) electrons. The Labute approximate surface area is 105 Å². The van der Waals surface area contributed by atoms with Crippen LogP contribution in [0.1, 0.15) is 36.1 Å². The van der Waals surface area contributed by atoms with Gasteiger partial charge in [0.2, 0.25) is 0 Å². The number of benzene rings is 1. The highest BCUT2D eigenvalue weighted by Gasteiger charge is 2.03. The molecular formula is C15H25NO. The van der Waals surface area contributed by atoms with Crippen molar-refractivity contribution in [3.05, 3.63) is 34.4 Å². The van der Waals surface area contributed by atoms with Crippen molar-refractivity contribution in [2.24, 2.45) is 0 Å². The van der Waals surface area contributed by atoms with E-state index in [1.54, 1.807) is 0 Å². The van der Waals surface area contributed by atoms with Gasteiger partial charge in [0.15, 0.2) is 0 Å². The van der Waals surface area contributed by atoms with Gasteiger partial charge >= 0.3 is 0 Å². The molecule has 1 N–H and O–H groups in total. The molecule has 1 aromatic rings. The van der Waals surface area contributed by atoms with E-state index in [-0.39, 0.29) is 6.10 Å². The minimum absolute atomic E-state index is 0.284. The summed E-state index contributed by atoms with van der Waals surface area (Å²) in [4.78, 5) is 0. The topological polar surface area (TPSA) is 21.3 Å². The van der Waals surface area contributed by atoms with Crippen molar-refractivity contribution in [1.29, 1.82) is 0 Å². The van der Waals surface area contributed by atoms with E-state index in [1.165, 1.54) is 22.3 Å². The fraction of sp³-hybridized carbons (Fsp3) is 0.600. The second kappa shape index (κ2) is 6.77. The number of hydrogen-bond acceptors (Lipinski definition) is 2. The fourth-order valence-electron chi connectivity index (χ4n) is 1.96. The Morgan fingerprint density at radius 2 is 1.76 bits per heavy atom. The molecule has 0 saturated heterocycles. The van der Waals surface area contributed by atoms with Gasteiger partial charge in [-0.05, 0) is 56.9 Å². The molecule has 1 atom stereocenters. The molecule has 0 aliphatic carbocycles. The first-order chi connectivity index (χ1) is 8.04. The number of aryl methyl sites for hydroxylation is 3. The standard InChI is InChI=1S/C15H25NO/c1-6-17-14(5)9-16-10-15-8-12(3)11(2)7-13(15)4/h7-8,14,16H,6,9-10H2,1-5H3. The maximum absolute atomic E-state index is 5.49. The minimum Gasteiger partial charge on any atom is -0.377 e. The van der Waals surface area contributed by atoms with Crippen molar-refractivity contribution in [3.63, 3.8) is 0 Å². The van der Waals surface area contributed by atoms with Crippen molar-refractivity contribution in [2.45, 2.75) is 47.3 Å². The molecule has 2 nitrogen and oxygen atoms in total. The molecule has 1 unspecified atom stereocenters. The lowest BCUT2D eigenvalue weighted by atomic mass is 10.0. The predicted octanol–water partition coefficient (Wildman–Crippen LogP) is 3.13. The van der Waals surface area contributed by atoms with Gasteiger partial charge in [0.05, 0.1) is 6.10 Å². The zero-order valence-corrected chi connectivity index (χ0v) is 11.8. The highest BCUT2D eigenvalue weighted by Crippen LogP contribution is 2.15. The number of nitrogens with one attached hydrogen (secondary N) is 1. The molecule has 17 heavy (non-hydrogen) atoms. The molecule has 1 rings (SSSR count). The number of rotatable bonds is 6. The fourth-order valence-corrected chi connectivity index (χ4v) is 1.96. The summed E-state index contributed by atoms with van der Waals surface area (Å²) in [5.41, 5.74) is 5.49. The summed E-state index contributed by atoms with van der Waals surface area (Å²) in [5.74, 6) is 0. The monoisotopic (exact) mass is 235 g/mol. The predicted molar refractivity (Wildman–Crippen MR) is 73.4 cm³/mol. The quantitative estimate of drug-likeness (QED) is 0.818. The summed E-state index contributed by atoms with van der Waals surface area (Å²) in [6, 6.07) is 4.54. The number of hydrogen-bond donors (Lipinski definition) is 1. The van der Waals surface area contributed by atoms with Crippen LogP contribution in [0.25, 0.3) is 0 Å². The summed E-state index contributed by atoms with van der Waals surface area (Å²) in [6.45, 7) is 13.2. The van der Waals surface area contributed by atoms with E-state index in [9.17, 15) is 0 Å². The molecule has 0 spiro atoms. The molecule has 2 heteroatoms. The molecule has 0 aromatic heterocycles. The maximum atomic E-state index is 5.49. The second-order valence-electron chi connectivity index (χ2n) is 4.76. The third-order valence-electron chi connectivity index (χ3n) is 3.15. The van der Waals surface area contributed by atoms with Crippen molar-refractivity contribution in [3.8, 4) is 0 Å². The summed E-state index contributed by atoms with van der Waals surface area (Å²) in [7, 11) is 0. The Hall–Kier alpha value is -0.860. The van der Waals surface area contributed by atoms with Gasteiger partial charge in [-0.2, -0.15) is 0 Å². The lowest BCUT2D eigenvalue weighted by Gasteiger charge is -2.14. The summed E-state index contributed by atoms with van der Waals surface area (Å²) in [5, 5.41) is 3.45. The van der Waals surface area contributed by atoms with Crippen LogP contribution in [0.3, 0.4) is 0 Å². The van der Waals surface area contributed by atoms with E-state index in [4.69, 9.17) is 4.74 Å². The highest BCUT2D eigenvalue weighted by molar-refractivity contribution is 5.36. The Bertz CT molecular complexity index is 360. The van der Waals surface area contributed by atoms with E-state index in [2.05, 4.69) is 45.1 Å². The maximum Gasteiger partial charge on any atom is 0.0671 e. The van der Waals surface area contributed by atoms with Crippen LogP contribution in [0.15, 0.2) is 12.1 Å². The SMILES string of the molecule is CCOC(C)CNCc1cc(C)c(C)cc1C. The number of ether oxygens (including phenoxy) is 1. The molecule has 0 aliphatic rings. The third kappa shape index (κ3) is 4.49. The van der Waals surface area contributed by atoms with E-state index in [0.29, 0.717) is 0 Å².